The molecule has 0 bridgehead atoms. The molecule has 0 atom stereocenters. The topological polar surface area (TPSA) is 53.7 Å². The highest BCUT2D eigenvalue weighted by Crippen LogP contribution is 2.23. The highest BCUT2D eigenvalue weighted by Gasteiger charge is 2.23. The number of hydrogen-bond donors (Lipinski definition) is 1. The van der Waals surface area contributed by atoms with Crippen LogP contribution in [0, 0.1) is 0 Å². The molecule has 1 saturated carbocycles. The van der Waals surface area contributed by atoms with E-state index in [1.165, 1.54) is 19.3 Å². The molecular weight excluding hydrogens is 218 g/mol. The van der Waals surface area contributed by atoms with Crippen LogP contribution in [0.2, 0.25) is 0 Å². The third-order valence-corrected chi connectivity index (χ3v) is 3.37. The monoisotopic (exact) mass is 237 g/mol. The molecule has 0 amide bonds. The maximum atomic E-state index is 10.9. The van der Waals surface area contributed by atoms with Crippen molar-refractivity contribution in [3.05, 3.63) is 24.2 Å². The minimum Gasteiger partial charge on any atom is -0.480 e. The van der Waals surface area contributed by atoms with Crippen molar-refractivity contribution >= 4 is 5.97 Å². The summed E-state index contributed by atoms with van der Waals surface area (Å²) in [4.78, 5) is 12.9. The second-order valence-electron chi connectivity index (χ2n) is 4.67. The van der Waals surface area contributed by atoms with E-state index in [9.17, 15) is 4.79 Å². The van der Waals surface area contributed by atoms with E-state index in [1.54, 1.807) is 6.26 Å². The Bertz CT molecular complexity index is 342. The fourth-order valence-electron chi connectivity index (χ4n) is 2.54. The van der Waals surface area contributed by atoms with Crippen molar-refractivity contribution in [1.29, 1.82) is 0 Å². The molecule has 1 N–H and O–H groups in total. The molecule has 4 heteroatoms. The molecule has 0 unspecified atom stereocenters. The molecule has 0 aliphatic heterocycles. The van der Waals surface area contributed by atoms with E-state index in [0.717, 1.165) is 18.6 Å². The lowest BCUT2D eigenvalue weighted by Crippen LogP contribution is -2.39. The molecule has 1 fully saturated rings. The van der Waals surface area contributed by atoms with Crippen LogP contribution in [0.4, 0.5) is 0 Å². The third-order valence-electron chi connectivity index (χ3n) is 3.37. The Morgan fingerprint density at radius 2 is 2.18 bits per heavy atom. The minimum atomic E-state index is -0.762. The molecule has 1 aromatic heterocycles. The summed E-state index contributed by atoms with van der Waals surface area (Å²) in [5, 5.41) is 8.97. The molecule has 0 spiro atoms. The first-order chi connectivity index (χ1) is 8.25. The van der Waals surface area contributed by atoms with Gasteiger partial charge in [0, 0.05) is 6.04 Å². The number of carboxylic acids is 1. The number of carboxylic acid groups (broad SMARTS) is 1. The van der Waals surface area contributed by atoms with Gasteiger partial charge in [0.2, 0.25) is 0 Å². The van der Waals surface area contributed by atoms with Crippen LogP contribution in [0.5, 0.6) is 0 Å². The normalized spacial score (nSPS) is 17.5. The van der Waals surface area contributed by atoms with Crippen LogP contribution in [-0.4, -0.2) is 28.6 Å². The average Bonchev–Trinajstić information content (AvgIpc) is 2.82. The fourth-order valence-corrected chi connectivity index (χ4v) is 2.54. The maximum absolute atomic E-state index is 10.9. The average molecular weight is 237 g/mol. The standard InChI is InChI=1S/C13H19NO3/c15-13(16)10-14(9-12-7-4-8-17-12)11-5-2-1-3-6-11/h4,7-8,11H,1-3,5-6,9-10H2,(H,15,16). The summed E-state index contributed by atoms with van der Waals surface area (Å²) in [7, 11) is 0. The predicted molar refractivity (Wildman–Crippen MR) is 63.6 cm³/mol. The Balaban J connectivity index is 1.98. The smallest absolute Gasteiger partial charge is 0.317 e. The second-order valence-corrected chi connectivity index (χ2v) is 4.67. The zero-order chi connectivity index (χ0) is 12.1. The van der Waals surface area contributed by atoms with E-state index in [-0.39, 0.29) is 6.54 Å². The van der Waals surface area contributed by atoms with Crippen LogP contribution < -0.4 is 0 Å². The van der Waals surface area contributed by atoms with E-state index in [0.29, 0.717) is 12.6 Å². The molecule has 4 nitrogen and oxygen atoms in total. The van der Waals surface area contributed by atoms with Gasteiger partial charge in [-0.25, -0.2) is 0 Å². The Morgan fingerprint density at radius 1 is 1.41 bits per heavy atom. The van der Waals surface area contributed by atoms with Gasteiger partial charge in [-0.3, -0.25) is 9.69 Å². The molecule has 1 aliphatic rings. The van der Waals surface area contributed by atoms with Gasteiger partial charge in [-0.15, -0.1) is 0 Å². The van der Waals surface area contributed by atoms with Crippen molar-refractivity contribution in [3.63, 3.8) is 0 Å². The van der Waals surface area contributed by atoms with E-state index in [4.69, 9.17) is 9.52 Å². The van der Waals surface area contributed by atoms with E-state index >= 15 is 0 Å². The zero-order valence-corrected chi connectivity index (χ0v) is 9.97. The number of hydrogen-bond acceptors (Lipinski definition) is 3. The minimum absolute atomic E-state index is 0.103. The van der Waals surface area contributed by atoms with Gasteiger partial charge in [-0.05, 0) is 25.0 Å². The SMILES string of the molecule is O=C(O)CN(Cc1ccco1)C1CCCCC1. The van der Waals surface area contributed by atoms with Crippen molar-refractivity contribution in [3.8, 4) is 0 Å². The molecule has 17 heavy (non-hydrogen) atoms. The molecule has 1 aliphatic carbocycles. The van der Waals surface area contributed by atoms with Crippen LogP contribution in [0.15, 0.2) is 22.8 Å². The highest BCUT2D eigenvalue weighted by atomic mass is 16.4. The summed E-state index contributed by atoms with van der Waals surface area (Å²) >= 11 is 0. The lowest BCUT2D eigenvalue weighted by Gasteiger charge is -2.32. The summed E-state index contributed by atoms with van der Waals surface area (Å²) in [6.07, 6.45) is 7.53. The Labute approximate surface area is 101 Å². The van der Waals surface area contributed by atoms with Gasteiger partial charge in [0.15, 0.2) is 0 Å². The van der Waals surface area contributed by atoms with Crippen LogP contribution in [0.25, 0.3) is 0 Å². The van der Waals surface area contributed by atoms with Gasteiger partial charge in [0.05, 0.1) is 19.4 Å². The van der Waals surface area contributed by atoms with Gasteiger partial charge in [-0.1, -0.05) is 19.3 Å². The molecule has 2 rings (SSSR count). The first-order valence-electron chi connectivity index (χ1n) is 6.24. The maximum Gasteiger partial charge on any atom is 0.317 e. The molecule has 94 valence electrons. The molecular formula is C13H19NO3. The predicted octanol–water partition coefficient (Wildman–Crippen LogP) is 2.50. The number of aliphatic carboxylic acids is 1. The Morgan fingerprint density at radius 3 is 2.76 bits per heavy atom. The van der Waals surface area contributed by atoms with Gasteiger partial charge < -0.3 is 9.52 Å². The number of carbonyl (C=O) groups is 1. The zero-order valence-electron chi connectivity index (χ0n) is 9.97. The van der Waals surface area contributed by atoms with Gasteiger partial charge in [0.25, 0.3) is 0 Å². The van der Waals surface area contributed by atoms with E-state index < -0.39 is 5.97 Å². The molecule has 1 aromatic rings. The third kappa shape index (κ3) is 3.60. The summed E-state index contributed by atoms with van der Waals surface area (Å²) < 4.78 is 5.30. The van der Waals surface area contributed by atoms with Crippen molar-refractivity contribution < 1.29 is 14.3 Å². The second kappa shape index (κ2) is 5.87. The lowest BCUT2D eigenvalue weighted by atomic mass is 9.94. The number of furan rings is 1. The largest absolute Gasteiger partial charge is 0.480 e. The molecule has 0 saturated heterocycles. The van der Waals surface area contributed by atoms with Crippen LogP contribution in [0.3, 0.4) is 0 Å². The summed E-state index contributed by atoms with van der Waals surface area (Å²) in [6, 6.07) is 4.14. The summed E-state index contributed by atoms with van der Waals surface area (Å²) in [5.74, 6) is 0.0824. The summed E-state index contributed by atoms with van der Waals surface area (Å²) in [6.45, 7) is 0.704. The van der Waals surface area contributed by atoms with Crippen LogP contribution in [0.1, 0.15) is 37.9 Å². The van der Waals surface area contributed by atoms with Crippen molar-refractivity contribution in [2.24, 2.45) is 0 Å². The van der Waals surface area contributed by atoms with Gasteiger partial charge in [-0.2, -0.15) is 0 Å². The lowest BCUT2D eigenvalue weighted by molar-refractivity contribution is -0.139. The fraction of sp³-hybridized carbons (Fsp3) is 0.615. The van der Waals surface area contributed by atoms with Crippen molar-refractivity contribution in [2.45, 2.75) is 44.7 Å². The Kier molecular flexibility index (Phi) is 4.20. The Hall–Kier alpha value is -1.29. The van der Waals surface area contributed by atoms with Crippen LogP contribution >= 0.6 is 0 Å². The van der Waals surface area contributed by atoms with Gasteiger partial charge in [0.1, 0.15) is 5.76 Å². The highest BCUT2D eigenvalue weighted by molar-refractivity contribution is 5.69. The molecule has 1 heterocycles. The number of rotatable bonds is 5. The van der Waals surface area contributed by atoms with E-state index in [1.807, 2.05) is 17.0 Å². The van der Waals surface area contributed by atoms with Gasteiger partial charge >= 0.3 is 5.97 Å². The summed E-state index contributed by atoms with van der Waals surface area (Å²) in [5.41, 5.74) is 0. The van der Waals surface area contributed by atoms with E-state index in [2.05, 4.69) is 0 Å². The van der Waals surface area contributed by atoms with Crippen molar-refractivity contribution in [2.75, 3.05) is 6.54 Å². The quantitative estimate of drug-likeness (QED) is 0.854. The molecule has 0 aromatic carbocycles. The first kappa shape index (κ1) is 12.2. The first-order valence-corrected chi connectivity index (χ1v) is 6.24. The van der Waals surface area contributed by atoms with Crippen molar-refractivity contribution in [1.82, 2.24) is 4.90 Å². The van der Waals surface area contributed by atoms with Crippen LogP contribution in [-0.2, 0) is 11.3 Å². The number of nitrogens with zero attached hydrogens (tertiary/aromatic N) is 1. The molecule has 0 radical (unpaired) electrons.